The third kappa shape index (κ3) is 9.30. The summed E-state index contributed by atoms with van der Waals surface area (Å²) in [6.45, 7) is -0.569. The maximum atomic E-state index is 9.21. The van der Waals surface area contributed by atoms with E-state index in [1.165, 1.54) is 0 Å². The smallest absolute Gasteiger partial charge is 0.414 e. The summed E-state index contributed by atoms with van der Waals surface area (Å²) in [7, 11) is 1.57. The van der Waals surface area contributed by atoms with Gasteiger partial charge in [0, 0.05) is 6.54 Å². The van der Waals surface area contributed by atoms with Crippen LogP contribution in [0.15, 0.2) is 0 Å². The van der Waals surface area contributed by atoms with Gasteiger partial charge in [-0.2, -0.15) is 0 Å². The normalized spacial score (nSPS) is 16.5. The van der Waals surface area contributed by atoms with Crippen LogP contribution < -0.4 is 5.32 Å². The van der Waals surface area contributed by atoms with Gasteiger partial charge in [0.2, 0.25) is 0 Å². The van der Waals surface area contributed by atoms with Gasteiger partial charge in [0.25, 0.3) is 0 Å². The van der Waals surface area contributed by atoms with Crippen LogP contribution in [0.25, 0.3) is 0 Å². The molecule has 0 aliphatic heterocycles. The number of aliphatic carboxylic acids is 2. The minimum atomic E-state index is -1.82. The van der Waals surface area contributed by atoms with Gasteiger partial charge in [-0.1, -0.05) is 0 Å². The van der Waals surface area contributed by atoms with Gasteiger partial charge in [-0.25, -0.2) is 9.59 Å². The second-order valence-corrected chi connectivity index (χ2v) is 3.47. The maximum absolute atomic E-state index is 9.21. The van der Waals surface area contributed by atoms with Gasteiger partial charge in [0.1, 0.15) is 18.3 Å². The zero-order valence-electron chi connectivity index (χ0n) is 10.2. The summed E-state index contributed by atoms with van der Waals surface area (Å²) < 4.78 is 0. The Bertz CT molecular complexity index is 260. The number of carboxylic acid groups (broad SMARTS) is 2. The second-order valence-electron chi connectivity index (χ2n) is 3.47. The van der Waals surface area contributed by atoms with Gasteiger partial charge in [0.05, 0.1) is 12.7 Å². The number of carbonyl (C=O) groups is 2. The standard InChI is InChI=1S/C7H17NO5.C2H2O4/c1-8-2-4(10)6(12)7(13)5(11)3-9;3-1(4)2(5)6/h4-13H,2-3H2,1H3;(H,3,4)(H,5,6)/t4-,5+,6+,7+;/m0./s1. The Balaban J connectivity index is 0. The van der Waals surface area contributed by atoms with Crippen molar-refractivity contribution in [2.45, 2.75) is 24.4 Å². The summed E-state index contributed by atoms with van der Waals surface area (Å²) in [5, 5.41) is 62.3. The minimum Gasteiger partial charge on any atom is -0.473 e. The highest BCUT2D eigenvalue weighted by atomic mass is 16.4. The molecule has 0 aliphatic carbocycles. The SMILES string of the molecule is CNC[C@H](O)[C@@H](O)[C@H](O)[C@H](O)CO.O=C(O)C(=O)O. The van der Waals surface area contributed by atoms with E-state index in [0.717, 1.165) is 0 Å². The lowest BCUT2D eigenvalue weighted by Crippen LogP contribution is -2.48. The first-order chi connectivity index (χ1) is 8.68. The zero-order chi connectivity index (χ0) is 15.6. The molecule has 114 valence electrons. The Hall–Kier alpha value is -1.30. The average molecular weight is 285 g/mol. The quantitative estimate of drug-likeness (QED) is 0.222. The van der Waals surface area contributed by atoms with Crippen LogP contribution in [-0.4, -0.2) is 92.3 Å². The highest BCUT2D eigenvalue weighted by Crippen LogP contribution is 2.04. The van der Waals surface area contributed by atoms with Crippen molar-refractivity contribution in [2.24, 2.45) is 0 Å². The van der Waals surface area contributed by atoms with Crippen LogP contribution in [0.2, 0.25) is 0 Å². The van der Waals surface area contributed by atoms with Crippen molar-refractivity contribution in [1.82, 2.24) is 5.32 Å². The van der Waals surface area contributed by atoms with Crippen LogP contribution >= 0.6 is 0 Å². The van der Waals surface area contributed by atoms with Crippen molar-refractivity contribution < 1.29 is 45.3 Å². The van der Waals surface area contributed by atoms with E-state index in [1.54, 1.807) is 7.05 Å². The second kappa shape index (κ2) is 10.6. The zero-order valence-corrected chi connectivity index (χ0v) is 10.2. The van der Waals surface area contributed by atoms with Crippen LogP contribution in [-0.2, 0) is 9.59 Å². The van der Waals surface area contributed by atoms with E-state index in [2.05, 4.69) is 5.32 Å². The number of aliphatic hydroxyl groups is 5. The highest BCUT2D eigenvalue weighted by Gasteiger charge is 2.29. The van der Waals surface area contributed by atoms with E-state index >= 15 is 0 Å². The van der Waals surface area contributed by atoms with Crippen molar-refractivity contribution in [3.05, 3.63) is 0 Å². The van der Waals surface area contributed by atoms with Gasteiger partial charge in [-0.3, -0.25) is 0 Å². The van der Waals surface area contributed by atoms with E-state index in [1.807, 2.05) is 0 Å². The molecule has 8 N–H and O–H groups in total. The van der Waals surface area contributed by atoms with Gasteiger partial charge in [-0.05, 0) is 7.05 Å². The van der Waals surface area contributed by atoms with E-state index < -0.39 is 43.0 Å². The number of hydrogen-bond donors (Lipinski definition) is 8. The van der Waals surface area contributed by atoms with Gasteiger partial charge in [0.15, 0.2) is 0 Å². The Morgan fingerprint density at radius 3 is 1.58 bits per heavy atom. The third-order valence-corrected chi connectivity index (χ3v) is 1.92. The molecule has 4 atom stereocenters. The number of carboxylic acids is 2. The minimum absolute atomic E-state index is 0.0936. The van der Waals surface area contributed by atoms with Crippen molar-refractivity contribution in [3.8, 4) is 0 Å². The van der Waals surface area contributed by atoms with Crippen LogP contribution in [0.3, 0.4) is 0 Å². The summed E-state index contributed by atoms with van der Waals surface area (Å²) in [6.07, 6.45) is -5.65. The molecule has 0 bridgehead atoms. The molecule has 0 heterocycles. The summed E-state index contributed by atoms with van der Waals surface area (Å²) in [5.74, 6) is -3.65. The lowest BCUT2D eigenvalue weighted by molar-refractivity contribution is -0.159. The Morgan fingerprint density at radius 2 is 1.32 bits per heavy atom. The molecule has 0 saturated carbocycles. The Morgan fingerprint density at radius 1 is 0.947 bits per heavy atom. The molecule has 10 nitrogen and oxygen atoms in total. The van der Waals surface area contributed by atoms with Crippen molar-refractivity contribution in [3.63, 3.8) is 0 Å². The number of rotatable bonds is 6. The van der Waals surface area contributed by atoms with E-state index in [9.17, 15) is 5.11 Å². The molecule has 0 unspecified atom stereocenters. The molecule has 0 aliphatic rings. The molecule has 0 aromatic carbocycles. The van der Waals surface area contributed by atoms with Crippen molar-refractivity contribution >= 4 is 11.9 Å². The number of nitrogens with one attached hydrogen (secondary N) is 1. The molecule has 0 amide bonds. The van der Waals surface area contributed by atoms with Crippen LogP contribution in [0.1, 0.15) is 0 Å². The topological polar surface area (TPSA) is 188 Å². The fourth-order valence-electron chi connectivity index (χ4n) is 0.893. The van der Waals surface area contributed by atoms with E-state index in [4.69, 9.17) is 40.2 Å². The Labute approximate surface area is 108 Å². The third-order valence-electron chi connectivity index (χ3n) is 1.92. The summed E-state index contributed by atoms with van der Waals surface area (Å²) >= 11 is 0. The maximum Gasteiger partial charge on any atom is 0.414 e. The van der Waals surface area contributed by atoms with Gasteiger partial charge >= 0.3 is 11.9 Å². The van der Waals surface area contributed by atoms with Gasteiger partial charge < -0.3 is 41.1 Å². The van der Waals surface area contributed by atoms with Crippen molar-refractivity contribution in [2.75, 3.05) is 20.2 Å². The molecule has 0 saturated heterocycles. The molecular formula is C9H19NO9. The first-order valence-corrected chi connectivity index (χ1v) is 5.12. The molecular weight excluding hydrogens is 266 g/mol. The Kier molecular flexibility index (Phi) is 11.2. The molecule has 0 aromatic heterocycles. The lowest BCUT2D eigenvalue weighted by atomic mass is 10.0. The number of aliphatic hydroxyl groups excluding tert-OH is 5. The predicted octanol–water partition coefficient (Wildman–Crippen LogP) is -4.20. The van der Waals surface area contributed by atoms with Crippen LogP contribution in [0.5, 0.6) is 0 Å². The first kappa shape index (κ1) is 20.0. The molecule has 0 fully saturated rings. The monoisotopic (exact) mass is 285 g/mol. The summed E-state index contributed by atoms with van der Waals surface area (Å²) in [6, 6.07) is 0. The molecule has 0 aromatic rings. The van der Waals surface area contributed by atoms with Crippen LogP contribution in [0.4, 0.5) is 0 Å². The van der Waals surface area contributed by atoms with Gasteiger partial charge in [-0.15, -0.1) is 0 Å². The highest BCUT2D eigenvalue weighted by molar-refractivity contribution is 6.27. The molecule has 19 heavy (non-hydrogen) atoms. The summed E-state index contributed by atoms with van der Waals surface area (Å²) in [4.78, 5) is 18.2. The molecule has 10 heteroatoms. The van der Waals surface area contributed by atoms with E-state index in [0.29, 0.717) is 0 Å². The fourth-order valence-corrected chi connectivity index (χ4v) is 0.893. The van der Waals surface area contributed by atoms with Crippen LogP contribution in [0, 0.1) is 0 Å². The largest absolute Gasteiger partial charge is 0.473 e. The predicted molar refractivity (Wildman–Crippen MR) is 60.3 cm³/mol. The first-order valence-electron chi connectivity index (χ1n) is 5.12. The summed E-state index contributed by atoms with van der Waals surface area (Å²) in [5.41, 5.74) is 0. The lowest BCUT2D eigenvalue weighted by Gasteiger charge is -2.25. The molecule has 0 spiro atoms. The molecule has 0 rings (SSSR count). The van der Waals surface area contributed by atoms with E-state index in [-0.39, 0.29) is 6.54 Å². The molecule has 0 radical (unpaired) electrons. The number of likely N-dealkylation sites (N-methyl/N-ethyl adjacent to an activating group) is 1. The number of hydrogen-bond acceptors (Lipinski definition) is 8. The average Bonchev–Trinajstić information content (AvgIpc) is 2.36. The van der Waals surface area contributed by atoms with Crippen molar-refractivity contribution in [1.29, 1.82) is 0 Å². The fraction of sp³-hybridized carbons (Fsp3) is 0.778.